The van der Waals surface area contributed by atoms with Crippen LogP contribution in [-0.2, 0) is 0 Å². The van der Waals surface area contributed by atoms with Gasteiger partial charge in [-0.3, -0.25) is 5.10 Å². The summed E-state index contributed by atoms with van der Waals surface area (Å²) in [4.78, 5) is 6.63. The number of pyridine rings is 1. The molecule has 0 spiro atoms. The van der Waals surface area contributed by atoms with Crippen molar-refractivity contribution in [3.05, 3.63) is 77.8 Å². The highest BCUT2D eigenvalue weighted by Crippen LogP contribution is 2.42. The van der Waals surface area contributed by atoms with E-state index in [1.54, 1.807) is 12.1 Å². The fraction of sp³-hybridized carbons (Fsp3) is 0.179. The summed E-state index contributed by atoms with van der Waals surface area (Å²) in [5.41, 5.74) is 1.48. The molecule has 0 saturated carbocycles. The van der Waals surface area contributed by atoms with Crippen LogP contribution in [-0.4, -0.2) is 28.3 Å². The van der Waals surface area contributed by atoms with Crippen molar-refractivity contribution in [3.8, 4) is 39.9 Å². The van der Waals surface area contributed by atoms with Crippen LogP contribution < -0.4 is 4.90 Å². The Morgan fingerprint density at radius 1 is 0.921 bits per heavy atom. The van der Waals surface area contributed by atoms with Crippen LogP contribution in [0.3, 0.4) is 0 Å². The van der Waals surface area contributed by atoms with Crippen LogP contribution in [0.25, 0.3) is 44.9 Å². The van der Waals surface area contributed by atoms with Crippen LogP contribution in [0.1, 0.15) is 24.8 Å². The minimum absolute atomic E-state index is 0. The predicted octanol–water partition coefficient (Wildman–Crippen LogP) is 7.25. The molecular weight excluding hydrogens is 515 g/mol. The lowest BCUT2D eigenvalue weighted by Gasteiger charge is -2.29. The smallest absolute Gasteiger partial charge is 0.182 e. The van der Waals surface area contributed by atoms with E-state index in [0.717, 1.165) is 37.7 Å². The van der Waals surface area contributed by atoms with Gasteiger partial charge in [0.05, 0.1) is 28.5 Å². The molecule has 192 valence electrons. The molecule has 0 atom stereocenters. The van der Waals surface area contributed by atoms with E-state index in [9.17, 15) is 18.4 Å². The number of anilines is 1. The number of nitriles is 1. The maximum absolute atomic E-state index is 14.9. The van der Waals surface area contributed by atoms with Crippen LogP contribution in [0, 0.1) is 28.8 Å². The van der Waals surface area contributed by atoms with Gasteiger partial charge in [0.25, 0.3) is 0 Å². The number of hydrogen-bond acceptors (Lipinski definition) is 5. The summed E-state index contributed by atoms with van der Waals surface area (Å²) in [6, 6.07) is 14.7. The number of H-pyrrole nitrogens is 1. The Hall–Kier alpha value is -4.29. The Morgan fingerprint density at radius 3 is 2.34 bits per heavy atom. The van der Waals surface area contributed by atoms with Gasteiger partial charge in [-0.15, -0.1) is 12.4 Å². The van der Waals surface area contributed by atoms with Crippen LogP contribution >= 0.6 is 12.4 Å². The molecule has 1 fully saturated rings. The van der Waals surface area contributed by atoms with Crippen molar-refractivity contribution >= 4 is 29.1 Å². The first-order chi connectivity index (χ1) is 18.1. The summed E-state index contributed by atoms with van der Waals surface area (Å²) < 4.78 is 49.4. The van der Waals surface area contributed by atoms with E-state index in [4.69, 9.17) is 4.42 Å². The number of aromatic amines is 1. The average molecular weight is 536 g/mol. The number of nitrogens with zero attached hydrogens (tertiary/aromatic N) is 4. The van der Waals surface area contributed by atoms with E-state index >= 15 is 0 Å². The Morgan fingerprint density at radius 2 is 1.66 bits per heavy atom. The normalized spacial score (nSPS) is 13.4. The number of piperidine rings is 1. The van der Waals surface area contributed by atoms with Crippen LogP contribution in [0.5, 0.6) is 0 Å². The molecular formula is C28H21ClF3N5O. The number of hydrogen-bond donors (Lipinski definition) is 1. The summed E-state index contributed by atoms with van der Waals surface area (Å²) in [5.74, 6) is -3.24. The molecule has 1 aliphatic rings. The molecule has 4 heterocycles. The minimum atomic E-state index is -1.42. The molecule has 6 nitrogen and oxygen atoms in total. The van der Waals surface area contributed by atoms with E-state index in [2.05, 4.69) is 26.2 Å². The molecule has 3 aromatic heterocycles. The number of halogens is 4. The van der Waals surface area contributed by atoms with Crippen molar-refractivity contribution < 1.29 is 17.6 Å². The lowest BCUT2D eigenvalue weighted by molar-refractivity contribution is 0.498. The third-order valence-electron chi connectivity index (χ3n) is 6.74. The van der Waals surface area contributed by atoms with Gasteiger partial charge in [-0.2, -0.15) is 10.4 Å². The Bertz CT molecular complexity index is 1650. The van der Waals surface area contributed by atoms with Crippen molar-refractivity contribution in [3.63, 3.8) is 0 Å². The van der Waals surface area contributed by atoms with Crippen molar-refractivity contribution in [2.75, 3.05) is 18.0 Å². The maximum atomic E-state index is 14.9. The molecule has 2 aromatic carbocycles. The zero-order valence-corrected chi connectivity index (χ0v) is 20.8. The Kier molecular flexibility index (Phi) is 6.83. The van der Waals surface area contributed by atoms with Crippen molar-refractivity contribution in [1.29, 1.82) is 5.26 Å². The molecule has 0 radical (unpaired) electrons. The van der Waals surface area contributed by atoms with Crippen LogP contribution in [0.4, 0.5) is 18.9 Å². The Balaban J connectivity index is 0.00000294. The van der Waals surface area contributed by atoms with Gasteiger partial charge >= 0.3 is 0 Å². The number of aromatic nitrogens is 3. The van der Waals surface area contributed by atoms with Gasteiger partial charge in [0.15, 0.2) is 23.0 Å². The largest absolute Gasteiger partial charge is 0.463 e. The van der Waals surface area contributed by atoms with Crippen molar-refractivity contribution in [2.45, 2.75) is 19.3 Å². The topological polar surface area (TPSA) is 81.7 Å². The standard InChI is InChI=1S/C28H20F3N5O.ClH/c29-19-10-11-20(30)25(31)23(19)26-18(15-32)22(16-6-8-17(9-7-16)36-12-2-1-3-13-36)24-27(21-5-4-14-37-21)34-35-28(24)33-26;/h4-11,14H,1-3,12-13H2,(H,33,34,35);1H. The molecule has 6 rings (SSSR count). The molecule has 0 bridgehead atoms. The first kappa shape index (κ1) is 25.4. The van der Waals surface area contributed by atoms with Gasteiger partial charge in [-0.25, -0.2) is 18.2 Å². The molecule has 0 unspecified atom stereocenters. The molecule has 0 aliphatic carbocycles. The van der Waals surface area contributed by atoms with E-state index < -0.39 is 23.0 Å². The molecule has 5 aromatic rings. The highest BCUT2D eigenvalue weighted by Gasteiger charge is 2.27. The molecule has 10 heteroatoms. The molecule has 1 saturated heterocycles. The fourth-order valence-corrected chi connectivity index (χ4v) is 4.97. The molecule has 1 aliphatic heterocycles. The van der Waals surface area contributed by atoms with Crippen molar-refractivity contribution in [2.24, 2.45) is 0 Å². The third kappa shape index (κ3) is 4.17. The van der Waals surface area contributed by atoms with Crippen LogP contribution in [0.15, 0.2) is 59.2 Å². The first-order valence-electron chi connectivity index (χ1n) is 11.9. The van der Waals surface area contributed by atoms with Gasteiger partial charge in [0.1, 0.15) is 17.6 Å². The highest BCUT2D eigenvalue weighted by molar-refractivity contribution is 6.06. The van der Waals surface area contributed by atoms with Gasteiger partial charge in [-0.05, 0) is 61.2 Å². The summed E-state index contributed by atoms with van der Waals surface area (Å²) in [7, 11) is 0. The zero-order chi connectivity index (χ0) is 25.5. The van der Waals surface area contributed by atoms with Crippen LogP contribution in [0.2, 0.25) is 0 Å². The number of fused-ring (bicyclic) bond motifs is 1. The van der Waals surface area contributed by atoms with Crippen molar-refractivity contribution in [1.82, 2.24) is 15.2 Å². The summed E-state index contributed by atoms with van der Waals surface area (Å²) in [6.45, 7) is 1.93. The minimum Gasteiger partial charge on any atom is -0.463 e. The van der Waals surface area contributed by atoms with Gasteiger partial charge in [-0.1, -0.05) is 12.1 Å². The van der Waals surface area contributed by atoms with Gasteiger partial charge < -0.3 is 9.32 Å². The van der Waals surface area contributed by atoms with Gasteiger partial charge in [0, 0.05) is 24.3 Å². The van der Waals surface area contributed by atoms with E-state index in [1.807, 2.05) is 24.3 Å². The number of benzene rings is 2. The SMILES string of the molecule is Cl.N#Cc1c(-c2c(F)ccc(F)c2F)nc2n[nH]c(-c3ccco3)c2c1-c1ccc(N2CCCCC2)cc1. The fourth-order valence-electron chi connectivity index (χ4n) is 4.97. The van der Waals surface area contributed by atoms with E-state index in [1.165, 1.54) is 12.7 Å². The zero-order valence-electron chi connectivity index (χ0n) is 20.0. The Labute approximate surface area is 222 Å². The maximum Gasteiger partial charge on any atom is 0.182 e. The first-order valence-corrected chi connectivity index (χ1v) is 11.9. The lowest BCUT2D eigenvalue weighted by atomic mass is 9.92. The lowest BCUT2D eigenvalue weighted by Crippen LogP contribution is -2.29. The second-order valence-corrected chi connectivity index (χ2v) is 8.91. The monoisotopic (exact) mass is 535 g/mol. The number of furan rings is 1. The van der Waals surface area contributed by atoms with E-state index in [-0.39, 0.29) is 29.3 Å². The molecule has 38 heavy (non-hydrogen) atoms. The van der Waals surface area contributed by atoms with E-state index in [0.29, 0.717) is 34.0 Å². The quantitative estimate of drug-likeness (QED) is 0.245. The second kappa shape index (κ2) is 10.2. The number of nitrogens with one attached hydrogen (secondary N) is 1. The molecule has 0 amide bonds. The summed E-state index contributed by atoms with van der Waals surface area (Å²) in [6.07, 6.45) is 4.96. The third-order valence-corrected chi connectivity index (χ3v) is 6.74. The van der Waals surface area contributed by atoms with Gasteiger partial charge in [0.2, 0.25) is 0 Å². The summed E-state index contributed by atoms with van der Waals surface area (Å²) in [5, 5.41) is 17.8. The number of rotatable bonds is 4. The second-order valence-electron chi connectivity index (χ2n) is 8.91. The summed E-state index contributed by atoms with van der Waals surface area (Å²) >= 11 is 0. The predicted molar refractivity (Wildman–Crippen MR) is 140 cm³/mol. The molecule has 1 N–H and O–H groups in total. The average Bonchev–Trinajstić information content (AvgIpc) is 3.61. The highest BCUT2D eigenvalue weighted by atomic mass is 35.5.